The second-order valence-electron chi connectivity index (χ2n) is 3.76. The average molecular weight is 205 g/mol. The van der Waals surface area contributed by atoms with Gasteiger partial charge in [0.05, 0.1) is 6.10 Å². The number of ether oxygens (including phenoxy) is 1. The molecule has 1 heterocycles. The van der Waals surface area contributed by atoms with Crippen LogP contribution in [0, 0.1) is 0 Å². The molecule has 1 fully saturated rings. The Bertz CT molecular complexity index is 337. The Morgan fingerprint density at radius 1 is 1.40 bits per heavy atom. The van der Waals surface area contributed by atoms with E-state index < -0.39 is 0 Å². The Kier molecular flexibility index (Phi) is 3.02. The van der Waals surface area contributed by atoms with Crippen molar-refractivity contribution in [3.8, 4) is 0 Å². The van der Waals surface area contributed by atoms with Crippen molar-refractivity contribution in [2.24, 2.45) is 0 Å². The third kappa shape index (κ3) is 2.18. The van der Waals surface area contributed by atoms with Crippen molar-refractivity contribution in [1.82, 2.24) is 4.90 Å². The molecule has 1 atom stereocenters. The van der Waals surface area contributed by atoms with Gasteiger partial charge in [0.15, 0.2) is 0 Å². The molecule has 1 aromatic carbocycles. The molecule has 1 aromatic rings. The molecule has 1 aliphatic heterocycles. The van der Waals surface area contributed by atoms with E-state index >= 15 is 0 Å². The van der Waals surface area contributed by atoms with Crippen LogP contribution in [0.4, 0.5) is 0 Å². The van der Waals surface area contributed by atoms with Gasteiger partial charge in [0.1, 0.15) is 0 Å². The maximum Gasteiger partial charge on any atom is 0.253 e. The van der Waals surface area contributed by atoms with E-state index in [1.165, 1.54) is 0 Å². The summed E-state index contributed by atoms with van der Waals surface area (Å²) in [5, 5.41) is 0. The number of likely N-dealkylation sites (tertiary alicyclic amines) is 1. The van der Waals surface area contributed by atoms with Crippen LogP contribution in [-0.4, -0.2) is 37.1 Å². The van der Waals surface area contributed by atoms with Crippen molar-refractivity contribution in [3.05, 3.63) is 35.9 Å². The molecule has 0 radical (unpaired) electrons. The van der Waals surface area contributed by atoms with Gasteiger partial charge in [-0.15, -0.1) is 0 Å². The fourth-order valence-electron chi connectivity index (χ4n) is 1.87. The summed E-state index contributed by atoms with van der Waals surface area (Å²) in [5.41, 5.74) is 0.759. The molecular weight excluding hydrogens is 190 g/mol. The molecule has 2 rings (SSSR count). The highest BCUT2D eigenvalue weighted by Crippen LogP contribution is 2.15. The molecule has 1 amide bonds. The maximum atomic E-state index is 12.0. The minimum Gasteiger partial charge on any atom is -0.380 e. The number of hydrogen-bond acceptors (Lipinski definition) is 2. The van der Waals surface area contributed by atoms with Gasteiger partial charge in [-0.05, 0) is 18.6 Å². The van der Waals surface area contributed by atoms with Crippen molar-refractivity contribution < 1.29 is 9.53 Å². The highest BCUT2D eigenvalue weighted by molar-refractivity contribution is 5.94. The maximum absolute atomic E-state index is 12.0. The number of carbonyl (C=O) groups is 1. The highest BCUT2D eigenvalue weighted by Gasteiger charge is 2.26. The minimum absolute atomic E-state index is 0.107. The van der Waals surface area contributed by atoms with Crippen LogP contribution in [0.2, 0.25) is 0 Å². The fraction of sp³-hybridized carbons (Fsp3) is 0.417. The monoisotopic (exact) mass is 205 g/mol. The first kappa shape index (κ1) is 10.2. The largest absolute Gasteiger partial charge is 0.380 e. The lowest BCUT2D eigenvalue weighted by Gasteiger charge is -2.15. The van der Waals surface area contributed by atoms with Gasteiger partial charge in [-0.1, -0.05) is 18.2 Å². The van der Waals surface area contributed by atoms with E-state index in [4.69, 9.17) is 4.74 Å². The first-order valence-electron chi connectivity index (χ1n) is 5.18. The van der Waals surface area contributed by atoms with Gasteiger partial charge < -0.3 is 9.64 Å². The molecule has 0 bridgehead atoms. The van der Waals surface area contributed by atoms with Crippen LogP contribution in [-0.2, 0) is 4.74 Å². The molecule has 1 saturated heterocycles. The van der Waals surface area contributed by atoms with Gasteiger partial charge in [0, 0.05) is 25.8 Å². The second-order valence-corrected chi connectivity index (χ2v) is 3.76. The number of rotatable bonds is 2. The van der Waals surface area contributed by atoms with Crippen LogP contribution in [0.5, 0.6) is 0 Å². The van der Waals surface area contributed by atoms with Crippen molar-refractivity contribution in [3.63, 3.8) is 0 Å². The third-order valence-electron chi connectivity index (χ3n) is 2.79. The zero-order chi connectivity index (χ0) is 10.7. The number of nitrogens with zero attached hydrogens (tertiary/aromatic N) is 1. The Morgan fingerprint density at radius 2 is 2.13 bits per heavy atom. The number of methoxy groups -OCH3 is 1. The van der Waals surface area contributed by atoms with Crippen molar-refractivity contribution in [2.45, 2.75) is 12.5 Å². The summed E-state index contributed by atoms with van der Waals surface area (Å²) in [4.78, 5) is 13.8. The lowest BCUT2D eigenvalue weighted by atomic mass is 10.2. The van der Waals surface area contributed by atoms with E-state index in [-0.39, 0.29) is 12.0 Å². The van der Waals surface area contributed by atoms with Gasteiger partial charge in [-0.2, -0.15) is 0 Å². The molecule has 0 spiro atoms. The van der Waals surface area contributed by atoms with Crippen LogP contribution in [0.15, 0.2) is 30.3 Å². The van der Waals surface area contributed by atoms with Crippen LogP contribution < -0.4 is 0 Å². The zero-order valence-electron chi connectivity index (χ0n) is 8.85. The van der Waals surface area contributed by atoms with E-state index in [0.717, 1.165) is 18.5 Å². The van der Waals surface area contributed by atoms with E-state index in [2.05, 4.69) is 0 Å². The number of benzene rings is 1. The van der Waals surface area contributed by atoms with Gasteiger partial charge in [-0.3, -0.25) is 4.79 Å². The summed E-state index contributed by atoms with van der Waals surface area (Å²) in [6.45, 7) is 1.51. The smallest absolute Gasteiger partial charge is 0.253 e. The van der Waals surface area contributed by atoms with E-state index in [0.29, 0.717) is 6.54 Å². The normalized spacial score (nSPS) is 20.6. The van der Waals surface area contributed by atoms with E-state index in [1.807, 2.05) is 35.2 Å². The van der Waals surface area contributed by atoms with Gasteiger partial charge in [0.2, 0.25) is 0 Å². The summed E-state index contributed by atoms with van der Waals surface area (Å²) >= 11 is 0. The van der Waals surface area contributed by atoms with Crippen molar-refractivity contribution in [1.29, 1.82) is 0 Å². The molecule has 0 N–H and O–H groups in total. The second kappa shape index (κ2) is 4.45. The Balaban J connectivity index is 2.04. The topological polar surface area (TPSA) is 29.5 Å². The number of hydrogen-bond donors (Lipinski definition) is 0. The molecule has 0 aliphatic carbocycles. The molecular formula is C12H15NO2. The predicted octanol–water partition coefficient (Wildman–Crippen LogP) is 1.55. The van der Waals surface area contributed by atoms with Gasteiger partial charge in [-0.25, -0.2) is 0 Å². The molecule has 0 saturated carbocycles. The number of carbonyl (C=O) groups excluding carboxylic acids is 1. The van der Waals surface area contributed by atoms with Gasteiger partial charge in [0.25, 0.3) is 5.91 Å². The van der Waals surface area contributed by atoms with E-state index in [9.17, 15) is 4.79 Å². The van der Waals surface area contributed by atoms with Crippen LogP contribution in [0.1, 0.15) is 16.8 Å². The predicted molar refractivity (Wildman–Crippen MR) is 57.8 cm³/mol. The standard InChI is InChI=1S/C12H15NO2/c1-15-11-7-8-13(9-11)12(14)10-5-3-2-4-6-10/h2-6,11H,7-9H2,1H3. The minimum atomic E-state index is 0.107. The van der Waals surface area contributed by atoms with Crippen molar-refractivity contribution >= 4 is 5.91 Å². The molecule has 80 valence electrons. The molecule has 1 aliphatic rings. The summed E-state index contributed by atoms with van der Waals surface area (Å²) in [6.07, 6.45) is 1.15. The van der Waals surface area contributed by atoms with Gasteiger partial charge >= 0.3 is 0 Å². The van der Waals surface area contributed by atoms with Crippen LogP contribution >= 0.6 is 0 Å². The highest BCUT2D eigenvalue weighted by atomic mass is 16.5. The molecule has 0 aromatic heterocycles. The Labute approximate surface area is 89.7 Å². The zero-order valence-corrected chi connectivity index (χ0v) is 8.85. The molecule has 3 heteroatoms. The first-order chi connectivity index (χ1) is 7.31. The molecule has 1 unspecified atom stereocenters. The SMILES string of the molecule is COC1CCN(C(=O)c2ccccc2)C1. The Hall–Kier alpha value is -1.35. The van der Waals surface area contributed by atoms with Crippen LogP contribution in [0.25, 0.3) is 0 Å². The summed E-state index contributed by atoms with van der Waals surface area (Å²) in [5.74, 6) is 0.107. The first-order valence-corrected chi connectivity index (χ1v) is 5.18. The lowest BCUT2D eigenvalue weighted by molar-refractivity contribution is 0.0724. The Morgan fingerprint density at radius 3 is 2.73 bits per heavy atom. The summed E-state index contributed by atoms with van der Waals surface area (Å²) < 4.78 is 5.23. The summed E-state index contributed by atoms with van der Waals surface area (Å²) in [6, 6.07) is 9.39. The average Bonchev–Trinajstić information content (AvgIpc) is 2.78. The van der Waals surface area contributed by atoms with Crippen molar-refractivity contribution in [2.75, 3.05) is 20.2 Å². The fourth-order valence-corrected chi connectivity index (χ4v) is 1.87. The molecule has 3 nitrogen and oxygen atoms in total. The lowest BCUT2D eigenvalue weighted by Crippen LogP contribution is -2.29. The molecule has 15 heavy (non-hydrogen) atoms. The quantitative estimate of drug-likeness (QED) is 0.733. The summed E-state index contributed by atoms with van der Waals surface area (Å²) in [7, 11) is 1.70. The van der Waals surface area contributed by atoms with Crippen LogP contribution in [0.3, 0.4) is 0 Å². The number of amides is 1. The third-order valence-corrected chi connectivity index (χ3v) is 2.79. The van der Waals surface area contributed by atoms with E-state index in [1.54, 1.807) is 7.11 Å².